The smallest absolute Gasteiger partial charge is 0.260 e. The topological polar surface area (TPSA) is 59.8 Å². The van der Waals surface area contributed by atoms with Gasteiger partial charge in [-0.25, -0.2) is 9.67 Å². The Morgan fingerprint density at radius 1 is 1.04 bits per heavy atom. The monoisotopic (exact) mass is 320 g/mol. The summed E-state index contributed by atoms with van der Waals surface area (Å²) in [5.74, 6) is -0.216. The van der Waals surface area contributed by atoms with Gasteiger partial charge in [0.15, 0.2) is 5.13 Å². The molecule has 0 aliphatic heterocycles. The zero-order valence-corrected chi connectivity index (χ0v) is 12.8. The second-order valence-electron chi connectivity index (χ2n) is 4.95. The van der Waals surface area contributed by atoms with Gasteiger partial charge < -0.3 is 0 Å². The van der Waals surface area contributed by atoms with Crippen molar-refractivity contribution in [1.82, 2.24) is 14.8 Å². The van der Waals surface area contributed by atoms with Crippen LogP contribution >= 0.6 is 11.3 Å². The first-order valence-electron chi connectivity index (χ1n) is 7.06. The Labute approximate surface area is 136 Å². The number of thiazole rings is 1. The maximum atomic E-state index is 12.3. The minimum absolute atomic E-state index is 0.216. The molecule has 0 aliphatic rings. The molecule has 4 aromatic rings. The molecule has 23 heavy (non-hydrogen) atoms. The number of amides is 1. The van der Waals surface area contributed by atoms with Crippen molar-refractivity contribution in [1.29, 1.82) is 0 Å². The summed E-state index contributed by atoms with van der Waals surface area (Å²) >= 11 is 1.45. The Hall–Kier alpha value is -2.99. The second kappa shape index (κ2) is 5.66. The van der Waals surface area contributed by atoms with Crippen LogP contribution in [-0.4, -0.2) is 20.7 Å². The van der Waals surface area contributed by atoms with Crippen molar-refractivity contribution in [3.8, 4) is 5.69 Å². The third-order valence-electron chi connectivity index (χ3n) is 3.38. The number of benzene rings is 2. The largest absolute Gasteiger partial charge is 0.298 e. The van der Waals surface area contributed by atoms with E-state index in [4.69, 9.17) is 0 Å². The summed E-state index contributed by atoms with van der Waals surface area (Å²) in [5.41, 5.74) is 2.28. The standard InChI is InChI=1S/C17H12N4OS/c22-16(20-17-19-14-8-4-5-9-15(14)23-17)12-10-18-21(11-12)13-6-2-1-3-7-13/h1-11H,(H,19,20,22). The molecule has 6 heteroatoms. The number of carbonyl (C=O) groups excluding carboxylic acids is 1. The summed E-state index contributed by atoms with van der Waals surface area (Å²) in [6, 6.07) is 17.5. The lowest BCUT2D eigenvalue weighted by molar-refractivity contribution is 0.102. The highest BCUT2D eigenvalue weighted by Crippen LogP contribution is 2.25. The Kier molecular flexibility index (Phi) is 3.36. The van der Waals surface area contributed by atoms with E-state index in [0.717, 1.165) is 15.9 Å². The Bertz CT molecular complexity index is 941. The summed E-state index contributed by atoms with van der Waals surface area (Å²) in [6.45, 7) is 0. The number of rotatable bonds is 3. The molecule has 2 aromatic carbocycles. The maximum absolute atomic E-state index is 12.3. The molecule has 112 valence electrons. The molecule has 2 heterocycles. The zero-order valence-electron chi connectivity index (χ0n) is 12.0. The normalized spacial score (nSPS) is 10.8. The van der Waals surface area contributed by atoms with Gasteiger partial charge >= 0.3 is 0 Å². The molecule has 0 radical (unpaired) electrons. The highest BCUT2D eigenvalue weighted by Gasteiger charge is 2.12. The van der Waals surface area contributed by atoms with Crippen LogP contribution in [0, 0.1) is 0 Å². The Morgan fingerprint density at radius 3 is 2.65 bits per heavy atom. The van der Waals surface area contributed by atoms with Crippen LogP contribution in [0.3, 0.4) is 0 Å². The van der Waals surface area contributed by atoms with E-state index in [2.05, 4.69) is 15.4 Å². The van der Waals surface area contributed by atoms with Gasteiger partial charge in [0.25, 0.3) is 5.91 Å². The van der Waals surface area contributed by atoms with Gasteiger partial charge in [-0.3, -0.25) is 10.1 Å². The van der Waals surface area contributed by atoms with Gasteiger partial charge in [-0.15, -0.1) is 0 Å². The first-order valence-corrected chi connectivity index (χ1v) is 7.88. The summed E-state index contributed by atoms with van der Waals surface area (Å²) in [6.07, 6.45) is 3.26. The molecule has 0 unspecified atom stereocenters. The van der Waals surface area contributed by atoms with Crippen LogP contribution in [-0.2, 0) is 0 Å². The quantitative estimate of drug-likeness (QED) is 0.625. The number of aromatic nitrogens is 3. The van der Waals surface area contributed by atoms with Crippen LogP contribution in [0.25, 0.3) is 15.9 Å². The molecule has 0 saturated carbocycles. The minimum atomic E-state index is -0.216. The fourth-order valence-electron chi connectivity index (χ4n) is 2.26. The lowest BCUT2D eigenvalue weighted by Gasteiger charge is -1.99. The highest BCUT2D eigenvalue weighted by atomic mass is 32.1. The molecule has 0 spiro atoms. The van der Waals surface area contributed by atoms with Crippen LogP contribution in [0.15, 0.2) is 67.0 Å². The van der Waals surface area contributed by atoms with E-state index in [9.17, 15) is 4.79 Å². The SMILES string of the molecule is O=C(Nc1nc2ccccc2s1)c1cnn(-c2ccccc2)c1. The van der Waals surface area contributed by atoms with Crippen molar-refractivity contribution in [3.63, 3.8) is 0 Å². The average Bonchev–Trinajstić information content (AvgIpc) is 3.22. The highest BCUT2D eigenvalue weighted by molar-refractivity contribution is 7.22. The molecular weight excluding hydrogens is 308 g/mol. The van der Waals surface area contributed by atoms with Gasteiger partial charge in [-0.2, -0.15) is 5.10 Å². The summed E-state index contributed by atoms with van der Waals surface area (Å²) in [4.78, 5) is 16.7. The van der Waals surface area contributed by atoms with Crippen molar-refractivity contribution in [2.24, 2.45) is 0 Å². The van der Waals surface area contributed by atoms with Crippen LogP contribution < -0.4 is 5.32 Å². The molecule has 0 fully saturated rings. The predicted molar refractivity (Wildman–Crippen MR) is 91.1 cm³/mol. The van der Waals surface area contributed by atoms with Gasteiger partial charge in [-0.05, 0) is 24.3 Å². The van der Waals surface area contributed by atoms with Crippen LogP contribution in [0.2, 0.25) is 0 Å². The van der Waals surface area contributed by atoms with E-state index >= 15 is 0 Å². The van der Waals surface area contributed by atoms with E-state index in [-0.39, 0.29) is 5.91 Å². The molecule has 0 bridgehead atoms. The number of carbonyl (C=O) groups is 1. The van der Waals surface area contributed by atoms with Gasteiger partial charge in [-0.1, -0.05) is 41.7 Å². The third-order valence-corrected chi connectivity index (χ3v) is 4.33. The minimum Gasteiger partial charge on any atom is -0.298 e. The number of nitrogens with one attached hydrogen (secondary N) is 1. The summed E-state index contributed by atoms with van der Waals surface area (Å²) < 4.78 is 2.72. The number of anilines is 1. The van der Waals surface area contributed by atoms with Crippen molar-refractivity contribution in [2.45, 2.75) is 0 Å². The van der Waals surface area contributed by atoms with Crippen molar-refractivity contribution in [2.75, 3.05) is 5.32 Å². The second-order valence-corrected chi connectivity index (χ2v) is 5.98. The van der Waals surface area contributed by atoms with Gasteiger partial charge in [0.2, 0.25) is 0 Å². The lowest BCUT2D eigenvalue weighted by Crippen LogP contribution is -2.10. The third kappa shape index (κ3) is 2.72. The van der Waals surface area contributed by atoms with E-state index in [1.807, 2.05) is 54.6 Å². The molecule has 2 aromatic heterocycles. The van der Waals surface area contributed by atoms with Crippen molar-refractivity contribution < 1.29 is 4.79 Å². The van der Waals surface area contributed by atoms with Gasteiger partial charge in [0.05, 0.1) is 27.7 Å². The van der Waals surface area contributed by atoms with Gasteiger partial charge in [0, 0.05) is 6.20 Å². The van der Waals surface area contributed by atoms with E-state index < -0.39 is 0 Å². The molecule has 1 N–H and O–H groups in total. The van der Waals surface area contributed by atoms with E-state index in [1.165, 1.54) is 11.3 Å². The molecule has 0 saturated heterocycles. The van der Waals surface area contributed by atoms with Crippen LogP contribution in [0.1, 0.15) is 10.4 Å². The van der Waals surface area contributed by atoms with Crippen LogP contribution in [0.5, 0.6) is 0 Å². The number of hydrogen-bond donors (Lipinski definition) is 1. The molecule has 0 atom stereocenters. The number of para-hydroxylation sites is 2. The van der Waals surface area contributed by atoms with Gasteiger partial charge in [0.1, 0.15) is 0 Å². The fourth-order valence-corrected chi connectivity index (χ4v) is 3.12. The summed E-state index contributed by atoms with van der Waals surface area (Å²) in [7, 11) is 0. The number of nitrogens with zero attached hydrogens (tertiary/aromatic N) is 3. The lowest BCUT2D eigenvalue weighted by atomic mass is 10.3. The zero-order chi connectivity index (χ0) is 15.6. The van der Waals surface area contributed by atoms with E-state index in [0.29, 0.717) is 10.7 Å². The van der Waals surface area contributed by atoms with Crippen molar-refractivity contribution >= 4 is 32.6 Å². The average molecular weight is 320 g/mol. The van der Waals surface area contributed by atoms with Crippen molar-refractivity contribution in [3.05, 3.63) is 72.6 Å². The molecule has 5 nitrogen and oxygen atoms in total. The number of hydrogen-bond acceptors (Lipinski definition) is 4. The first-order chi connectivity index (χ1) is 11.3. The number of fused-ring (bicyclic) bond motifs is 1. The van der Waals surface area contributed by atoms with E-state index in [1.54, 1.807) is 17.1 Å². The molecule has 4 rings (SSSR count). The molecule has 1 amide bonds. The Balaban J connectivity index is 1.56. The molecular formula is C17H12N4OS. The maximum Gasteiger partial charge on any atom is 0.260 e. The summed E-state index contributed by atoms with van der Waals surface area (Å²) in [5, 5.41) is 7.65. The predicted octanol–water partition coefficient (Wildman–Crippen LogP) is 3.73. The van der Waals surface area contributed by atoms with Crippen LogP contribution in [0.4, 0.5) is 5.13 Å². The Morgan fingerprint density at radius 2 is 1.83 bits per heavy atom. The fraction of sp³-hybridized carbons (Fsp3) is 0. The first kappa shape index (κ1) is 13.7. The molecule has 0 aliphatic carbocycles.